The van der Waals surface area contributed by atoms with Crippen LogP contribution in [-0.2, 0) is 0 Å². The molecule has 3 aromatic rings. The fourth-order valence-electron chi connectivity index (χ4n) is 3.31. The van der Waals surface area contributed by atoms with Crippen molar-refractivity contribution in [3.05, 3.63) is 89.5 Å². The van der Waals surface area contributed by atoms with Crippen LogP contribution in [0.5, 0.6) is 0 Å². The van der Waals surface area contributed by atoms with E-state index in [4.69, 9.17) is 11.1 Å². The lowest BCUT2D eigenvalue weighted by atomic mass is 10.2. The van der Waals surface area contributed by atoms with E-state index in [2.05, 4.69) is 93.6 Å². The summed E-state index contributed by atoms with van der Waals surface area (Å²) in [5.74, 6) is 0. The van der Waals surface area contributed by atoms with Crippen LogP contribution in [0.2, 0.25) is 0 Å². The maximum Gasteiger partial charge on any atom is 0.248 e. The fraction of sp³-hybridized carbons (Fsp3) is 0.143. The molecule has 2 heteroatoms. The summed E-state index contributed by atoms with van der Waals surface area (Å²) in [5, 5.41) is 3.85. The number of rotatable bonds is 3. The van der Waals surface area contributed by atoms with Gasteiger partial charge in [0.05, 0.1) is 0 Å². The predicted molar refractivity (Wildman–Crippen MR) is 104 cm³/mol. The molecule has 0 heterocycles. The van der Waals surface area contributed by atoms with Gasteiger partial charge < -0.3 is 0 Å². The third-order valence-electron chi connectivity index (χ3n) is 4.55. The van der Waals surface area contributed by atoms with E-state index in [0.29, 0.717) is 0 Å². The SMILES string of the molecule is Cc1ccccc1[Si](Cl)(c1ccccc1C)c1ccccc1C. The Morgan fingerprint density at radius 1 is 0.522 bits per heavy atom. The average molecular weight is 337 g/mol. The minimum absolute atomic E-state index is 1.26. The van der Waals surface area contributed by atoms with Gasteiger partial charge in [0.15, 0.2) is 0 Å². The molecule has 0 aliphatic carbocycles. The van der Waals surface area contributed by atoms with E-state index in [0.717, 1.165) is 0 Å². The summed E-state index contributed by atoms with van der Waals surface area (Å²) >= 11 is 7.57. The first-order valence-electron chi connectivity index (χ1n) is 7.92. The van der Waals surface area contributed by atoms with E-state index >= 15 is 0 Å². The summed E-state index contributed by atoms with van der Waals surface area (Å²) in [6, 6.07) is 25.6. The van der Waals surface area contributed by atoms with Gasteiger partial charge in [0.2, 0.25) is 7.38 Å². The lowest BCUT2D eigenvalue weighted by Crippen LogP contribution is -2.65. The van der Waals surface area contributed by atoms with E-state index in [9.17, 15) is 0 Å². The van der Waals surface area contributed by atoms with Crippen molar-refractivity contribution in [1.82, 2.24) is 0 Å². The highest BCUT2D eigenvalue weighted by molar-refractivity contribution is 7.40. The van der Waals surface area contributed by atoms with Crippen molar-refractivity contribution in [3.8, 4) is 0 Å². The molecule has 0 aliphatic rings. The first-order chi connectivity index (χ1) is 11.0. The molecule has 3 aromatic carbocycles. The Hall–Kier alpha value is -1.83. The molecule has 0 spiro atoms. The lowest BCUT2D eigenvalue weighted by molar-refractivity contribution is 1.47. The summed E-state index contributed by atoms with van der Waals surface area (Å²) in [6.07, 6.45) is 0. The Bertz CT molecular complexity index is 728. The van der Waals surface area contributed by atoms with Crippen LogP contribution in [0, 0.1) is 20.8 Å². The first-order valence-corrected chi connectivity index (χ1v) is 10.9. The average Bonchev–Trinajstić information content (AvgIpc) is 2.55. The van der Waals surface area contributed by atoms with Crippen LogP contribution in [0.1, 0.15) is 16.7 Å². The molecule has 0 saturated carbocycles. The van der Waals surface area contributed by atoms with Crippen LogP contribution in [0.15, 0.2) is 72.8 Å². The smallest absolute Gasteiger partial charge is 0.149 e. The van der Waals surface area contributed by atoms with Gasteiger partial charge in [-0.1, -0.05) is 72.8 Å². The van der Waals surface area contributed by atoms with Crippen LogP contribution >= 0.6 is 11.1 Å². The van der Waals surface area contributed by atoms with Crippen molar-refractivity contribution in [2.24, 2.45) is 0 Å². The summed E-state index contributed by atoms with van der Waals surface area (Å²) < 4.78 is 0. The van der Waals surface area contributed by atoms with Crippen molar-refractivity contribution >= 4 is 34.0 Å². The third kappa shape index (κ3) is 2.75. The van der Waals surface area contributed by atoms with Crippen LogP contribution < -0.4 is 15.6 Å². The molecule has 0 amide bonds. The maximum atomic E-state index is 7.57. The van der Waals surface area contributed by atoms with Gasteiger partial charge in [0.1, 0.15) is 0 Å². The summed E-state index contributed by atoms with van der Waals surface area (Å²) in [4.78, 5) is 0. The van der Waals surface area contributed by atoms with Gasteiger partial charge in [-0.2, -0.15) is 0 Å². The second-order valence-electron chi connectivity index (χ2n) is 6.10. The minimum Gasteiger partial charge on any atom is -0.149 e. The number of benzene rings is 3. The molecule has 0 fully saturated rings. The van der Waals surface area contributed by atoms with E-state index in [1.807, 2.05) is 0 Å². The van der Waals surface area contributed by atoms with Crippen molar-refractivity contribution in [3.63, 3.8) is 0 Å². The van der Waals surface area contributed by atoms with Crippen molar-refractivity contribution < 1.29 is 0 Å². The zero-order chi connectivity index (χ0) is 16.4. The zero-order valence-electron chi connectivity index (χ0n) is 13.8. The molecule has 0 aliphatic heterocycles. The summed E-state index contributed by atoms with van der Waals surface area (Å²) in [7, 11) is -2.54. The highest BCUT2D eigenvalue weighted by Crippen LogP contribution is 2.17. The molecule has 116 valence electrons. The van der Waals surface area contributed by atoms with Crippen molar-refractivity contribution in [2.45, 2.75) is 20.8 Å². The van der Waals surface area contributed by atoms with E-state index in [1.54, 1.807) is 0 Å². The van der Waals surface area contributed by atoms with Gasteiger partial charge in [-0.15, -0.1) is 11.1 Å². The Morgan fingerprint density at radius 2 is 0.783 bits per heavy atom. The van der Waals surface area contributed by atoms with Gasteiger partial charge in [0, 0.05) is 0 Å². The van der Waals surface area contributed by atoms with Gasteiger partial charge in [0.25, 0.3) is 0 Å². The normalized spacial score (nSPS) is 11.5. The zero-order valence-corrected chi connectivity index (χ0v) is 15.6. The Kier molecular flexibility index (Phi) is 4.43. The maximum absolute atomic E-state index is 7.57. The second-order valence-corrected chi connectivity index (χ2v) is 10.7. The lowest BCUT2D eigenvalue weighted by Gasteiger charge is -2.30. The summed E-state index contributed by atoms with van der Waals surface area (Å²) in [5.41, 5.74) is 3.79. The quantitative estimate of drug-likeness (QED) is 0.387. The predicted octanol–water partition coefficient (Wildman–Crippen LogP) is 3.82. The number of halogens is 1. The number of hydrogen-bond acceptors (Lipinski definition) is 0. The monoisotopic (exact) mass is 336 g/mol. The van der Waals surface area contributed by atoms with Gasteiger partial charge in [-0.25, -0.2) is 0 Å². The van der Waals surface area contributed by atoms with Crippen LogP contribution in [0.3, 0.4) is 0 Å². The van der Waals surface area contributed by atoms with Crippen LogP contribution in [0.25, 0.3) is 0 Å². The molecule has 0 aromatic heterocycles. The minimum atomic E-state index is -2.54. The molecule has 0 saturated heterocycles. The number of hydrogen-bond donors (Lipinski definition) is 0. The molecule has 0 radical (unpaired) electrons. The summed E-state index contributed by atoms with van der Waals surface area (Å²) in [6.45, 7) is 6.49. The van der Waals surface area contributed by atoms with Gasteiger partial charge in [-0.05, 0) is 53.0 Å². The molecular formula is C21H21ClSi. The first kappa shape index (κ1) is 16.0. The highest BCUT2D eigenvalue weighted by Gasteiger charge is 2.40. The van der Waals surface area contributed by atoms with Gasteiger partial charge >= 0.3 is 0 Å². The van der Waals surface area contributed by atoms with E-state index < -0.39 is 7.38 Å². The molecular weight excluding hydrogens is 316 g/mol. The Morgan fingerprint density at radius 3 is 1.04 bits per heavy atom. The topological polar surface area (TPSA) is 0 Å². The molecule has 23 heavy (non-hydrogen) atoms. The van der Waals surface area contributed by atoms with E-state index in [1.165, 1.54) is 32.3 Å². The van der Waals surface area contributed by atoms with Crippen LogP contribution in [0.4, 0.5) is 0 Å². The largest absolute Gasteiger partial charge is 0.248 e. The molecule has 3 rings (SSSR count). The van der Waals surface area contributed by atoms with Crippen LogP contribution in [-0.4, -0.2) is 7.38 Å². The van der Waals surface area contributed by atoms with Gasteiger partial charge in [-0.3, -0.25) is 0 Å². The molecule has 0 nitrogen and oxygen atoms in total. The molecule has 0 atom stereocenters. The molecule has 0 unspecified atom stereocenters. The molecule has 0 bridgehead atoms. The number of aryl methyl sites for hydroxylation is 3. The standard InChI is InChI=1S/C21H21ClSi/c1-16-10-4-7-13-19(16)23(22,20-14-8-5-11-17(20)2)21-15-9-6-12-18(21)3/h4-15H,1-3H3. The molecule has 0 N–H and O–H groups in total. The van der Waals surface area contributed by atoms with E-state index in [-0.39, 0.29) is 0 Å². The highest BCUT2D eigenvalue weighted by atomic mass is 35.6. The Labute approximate surface area is 144 Å². The fourth-order valence-corrected chi connectivity index (χ4v) is 8.95. The van der Waals surface area contributed by atoms with Crippen molar-refractivity contribution in [1.29, 1.82) is 0 Å². The van der Waals surface area contributed by atoms with Crippen molar-refractivity contribution in [2.75, 3.05) is 0 Å². The Balaban J connectivity index is 2.38. The third-order valence-corrected chi connectivity index (χ3v) is 10.3. The second kappa shape index (κ2) is 6.35.